The number of oxazole rings is 1. The Bertz CT molecular complexity index is 901. The summed E-state index contributed by atoms with van der Waals surface area (Å²) in [4.78, 5) is 25.8. The predicted octanol–water partition coefficient (Wildman–Crippen LogP) is 3.77. The summed E-state index contributed by atoms with van der Waals surface area (Å²) in [5.41, 5.74) is 1.62. The van der Waals surface area contributed by atoms with Crippen molar-refractivity contribution in [2.75, 3.05) is 13.1 Å². The lowest BCUT2D eigenvalue weighted by Crippen LogP contribution is -2.58. The quantitative estimate of drug-likeness (QED) is 0.744. The Morgan fingerprint density at radius 1 is 1.30 bits per heavy atom. The minimum Gasteiger partial charge on any atom is -0.440 e. The number of aromatic nitrogens is 2. The van der Waals surface area contributed by atoms with Crippen molar-refractivity contribution in [3.8, 4) is 10.8 Å². The summed E-state index contributed by atoms with van der Waals surface area (Å²) in [6, 6.07) is 8.07. The average Bonchev–Trinajstić information content (AvgIpc) is 3.41. The number of piperazine rings is 1. The summed E-state index contributed by atoms with van der Waals surface area (Å²) in [6.07, 6.45) is 1.79. The molecule has 1 saturated heterocycles. The molecule has 0 unspecified atom stereocenters. The van der Waals surface area contributed by atoms with Crippen LogP contribution in [0.2, 0.25) is 0 Å². The Morgan fingerprint density at radius 3 is 2.85 bits per heavy atom. The van der Waals surface area contributed by atoms with Gasteiger partial charge in [0.1, 0.15) is 11.5 Å². The highest BCUT2D eigenvalue weighted by atomic mass is 32.1. The molecule has 2 atom stereocenters. The number of hydrogen-bond donors (Lipinski definition) is 1. The third-order valence-corrected chi connectivity index (χ3v) is 6.32. The van der Waals surface area contributed by atoms with E-state index in [-0.39, 0.29) is 18.0 Å². The molecule has 27 heavy (non-hydrogen) atoms. The molecule has 4 rings (SSSR count). The number of thiophene rings is 1. The van der Waals surface area contributed by atoms with Crippen molar-refractivity contribution in [2.24, 2.45) is 0 Å². The maximum absolute atomic E-state index is 12.7. The Hall–Kier alpha value is -2.38. The molecule has 0 radical (unpaired) electrons. The molecule has 1 N–H and O–H groups in total. The third-order valence-electron chi connectivity index (χ3n) is 5.46. The van der Waals surface area contributed by atoms with E-state index in [9.17, 15) is 4.79 Å². The maximum Gasteiger partial charge on any atom is 0.270 e. The second-order valence-corrected chi connectivity index (χ2v) is 7.98. The van der Waals surface area contributed by atoms with Crippen LogP contribution >= 0.6 is 11.3 Å². The molecule has 0 bridgehead atoms. The Labute approximate surface area is 162 Å². The number of nitrogens with zero attached hydrogens (tertiary/aromatic N) is 3. The second kappa shape index (κ2) is 7.32. The van der Waals surface area contributed by atoms with E-state index in [1.165, 1.54) is 0 Å². The van der Waals surface area contributed by atoms with E-state index in [1.807, 2.05) is 41.5 Å². The van der Waals surface area contributed by atoms with Gasteiger partial charge in [0.05, 0.1) is 10.6 Å². The molecule has 0 aliphatic carbocycles. The number of amides is 1. The lowest BCUT2D eigenvalue weighted by Gasteiger charge is -2.44. The van der Waals surface area contributed by atoms with Gasteiger partial charge in [0.15, 0.2) is 0 Å². The van der Waals surface area contributed by atoms with Crippen LogP contribution in [0.1, 0.15) is 35.8 Å². The molecule has 142 valence electrons. The highest BCUT2D eigenvalue weighted by molar-refractivity contribution is 7.13. The average molecular weight is 385 g/mol. The van der Waals surface area contributed by atoms with Crippen molar-refractivity contribution in [3.63, 3.8) is 0 Å². The molecule has 1 aliphatic heterocycles. The third kappa shape index (κ3) is 3.44. The first-order valence-electron chi connectivity index (χ1n) is 9.23. The topological polar surface area (TPSA) is 65.4 Å². The van der Waals surface area contributed by atoms with Gasteiger partial charge in [0, 0.05) is 37.9 Å². The molecule has 0 spiro atoms. The van der Waals surface area contributed by atoms with Crippen LogP contribution in [0.5, 0.6) is 0 Å². The van der Waals surface area contributed by atoms with Crippen LogP contribution in [-0.2, 0) is 6.54 Å². The molecule has 1 amide bonds. The van der Waals surface area contributed by atoms with Crippen LogP contribution in [-0.4, -0.2) is 50.8 Å². The fourth-order valence-electron chi connectivity index (χ4n) is 3.61. The van der Waals surface area contributed by atoms with Gasteiger partial charge in [-0.25, -0.2) is 4.98 Å². The van der Waals surface area contributed by atoms with Gasteiger partial charge in [-0.2, -0.15) is 0 Å². The molecular weight excluding hydrogens is 360 g/mol. The molecule has 6 nitrogen and oxygen atoms in total. The number of H-pyrrole nitrogens is 1. The first-order valence-corrected chi connectivity index (χ1v) is 10.1. The van der Waals surface area contributed by atoms with Gasteiger partial charge in [-0.1, -0.05) is 6.07 Å². The monoisotopic (exact) mass is 384 g/mol. The van der Waals surface area contributed by atoms with Crippen LogP contribution in [0.25, 0.3) is 10.8 Å². The van der Waals surface area contributed by atoms with Crippen molar-refractivity contribution in [1.29, 1.82) is 0 Å². The van der Waals surface area contributed by atoms with Crippen molar-refractivity contribution in [1.82, 2.24) is 19.8 Å². The molecule has 1 fully saturated rings. The fourth-order valence-corrected chi connectivity index (χ4v) is 4.26. The van der Waals surface area contributed by atoms with Crippen molar-refractivity contribution in [3.05, 3.63) is 53.0 Å². The summed E-state index contributed by atoms with van der Waals surface area (Å²) >= 11 is 1.63. The maximum atomic E-state index is 12.7. The van der Waals surface area contributed by atoms with E-state index in [0.717, 1.165) is 29.4 Å². The standard InChI is InChI=1S/C20H24N4O2S/c1-13-14(2)24(20(25)16-6-4-8-21-16)10-9-23(13)12-17-15(3)26-19(22-17)18-7-5-11-27-18/h4-8,11,13-14,21H,9-10,12H2,1-3H3/t13-,14+/m0/s1. The zero-order valence-electron chi connectivity index (χ0n) is 15.8. The van der Waals surface area contributed by atoms with E-state index in [1.54, 1.807) is 17.5 Å². The van der Waals surface area contributed by atoms with Crippen LogP contribution in [0.15, 0.2) is 40.3 Å². The lowest BCUT2D eigenvalue weighted by molar-refractivity contribution is 0.0241. The van der Waals surface area contributed by atoms with Gasteiger partial charge in [0.25, 0.3) is 5.91 Å². The number of aromatic amines is 1. The van der Waals surface area contributed by atoms with Gasteiger partial charge >= 0.3 is 0 Å². The number of carbonyl (C=O) groups is 1. The normalized spacial score (nSPS) is 20.9. The first-order chi connectivity index (χ1) is 13.0. The molecule has 4 heterocycles. The van der Waals surface area contributed by atoms with Gasteiger partial charge in [-0.3, -0.25) is 9.69 Å². The highest BCUT2D eigenvalue weighted by Gasteiger charge is 2.34. The van der Waals surface area contributed by atoms with Crippen molar-refractivity contribution < 1.29 is 9.21 Å². The van der Waals surface area contributed by atoms with Crippen molar-refractivity contribution >= 4 is 17.2 Å². The SMILES string of the molecule is Cc1oc(-c2cccs2)nc1CN1CCN(C(=O)c2ccc[nH]2)[C@H](C)[C@@H]1C. The van der Waals surface area contributed by atoms with Gasteiger partial charge in [-0.15, -0.1) is 11.3 Å². The molecule has 0 aromatic carbocycles. The Balaban J connectivity index is 1.46. The van der Waals surface area contributed by atoms with E-state index in [4.69, 9.17) is 9.40 Å². The summed E-state index contributed by atoms with van der Waals surface area (Å²) in [5.74, 6) is 1.62. The van der Waals surface area contributed by atoms with Gasteiger partial charge in [0.2, 0.25) is 5.89 Å². The molecular formula is C20H24N4O2S. The predicted molar refractivity (Wildman–Crippen MR) is 106 cm³/mol. The van der Waals surface area contributed by atoms with Crippen molar-refractivity contribution in [2.45, 2.75) is 39.4 Å². The van der Waals surface area contributed by atoms with Crippen LogP contribution in [0.3, 0.4) is 0 Å². The van der Waals surface area contributed by atoms with Gasteiger partial charge < -0.3 is 14.3 Å². The Morgan fingerprint density at radius 2 is 2.15 bits per heavy atom. The van der Waals surface area contributed by atoms with Crippen LogP contribution in [0, 0.1) is 6.92 Å². The number of carbonyl (C=O) groups excluding carboxylic acids is 1. The van der Waals surface area contributed by atoms with Crippen LogP contribution < -0.4 is 0 Å². The van der Waals surface area contributed by atoms with Crippen LogP contribution in [0.4, 0.5) is 0 Å². The zero-order chi connectivity index (χ0) is 19.0. The summed E-state index contributed by atoms with van der Waals surface area (Å²) in [6.45, 7) is 8.52. The number of nitrogens with one attached hydrogen (secondary N) is 1. The second-order valence-electron chi connectivity index (χ2n) is 7.03. The summed E-state index contributed by atoms with van der Waals surface area (Å²) in [7, 11) is 0. The Kier molecular flexibility index (Phi) is 4.88. The zero-order valence-corrected chi connectivity index (χ0v) is 16.6. The number of aryl methyl sites for hydroxylation is 1. The lowest BCUT2D eigenvalue weighted by atomic mass is 10.0. The van der Waals surface area contributed by atoms with Gasteiger partial charge in [-0.05, 0) is 44.4 Å². The van der Waals surface area contributed by atoms with E-state index in [2.05, 4.69) is 23.7 Å². The first kappa shape index (κ1) is 18.0. The molecule has 1 aliphatic rings. The van der Waals surface area contributed by atoms with E-state index >= 15 is 0 Å². The summed E-state index contributed by atoms with van der Waals surface area (Å²) in [5, 5.41) is 2.03. The van der Waals surface area contributed by atoms with E-state index < -0.39 is 0 Å². The molecule has 3 aromatic heterocycles. The fraction of sp³-hybridized carbons (Fsp3) is 0.400. The number of hydrogen-bond acceptors (Lipinski definition) is 5. The minimum atomic E-state index is 0.0663. The van der Waals surface area contributed by atoms with E-state index in [0.29, 0.717) is 18.1 Å². The summed E-state index contributed by atoms with van der Waals surface area (Å²) < 4.78 is 5.87. The molecule has 7 heteroatoms. The largest absolute Gasteiger partial charge is 0.440 e. The minimum absolute atomic E-state index is 0.0663. The highest BCUT2D eigenvalue weighted by Crippen LogP contribution is 2.28. The molecule has 0 saturated carbocycles. The molecule has 3 aromatic rings. The smallest absolute Gasteiger partial charge is 0.270 e. The number of rotatable bonds is 4.